The third-order valence-corrected chi connectivity index (χ3v) is 5.08. The van der Waals surface area contributed by atoms with Crippen molar-refractivity contribution >= 4 is 35.7 Å². The zero-order chi connectivity index (χ0) is 27.3. The molecule has 3 amide bonds. The molecule has 0 fully saturated rings. The molecule has 198 valence electrons. The average molecular weight is 507 g/mol. The molecule has 0 spiro atoms. The number of hydrogen-bond acceptors (Lipinski definition) is 7. The number of rotatable bonds is 15. The summed E-state index contributed by atoms with van der Waals surface area (Å²) in [6, 6.07) is 2.74. The number of carbonyl (C=O) groups is 4. The van der Waals surface area contributed by atoms with Gasteiger partial charge < -0.3 is 32.2 Å². The van der Waals surface area contributed by atoms with Crippen molar-refractivity contribution < 1.29 is 24.1 Å². The molecule has 0 aromatic heterocycles. The van der Waals surface area contributed by atoms with Crippen LogP contribution in [0.3, 0.4) is 0 Å². The highest BCUT2D eigenvalue weighted by Crippen LogP contribution is 2.14. The molecule has 0 bridgehead atoms. The van der Waals surface area contributed by atoms with E-state index in [-0.39, 0.29) is 37.0 Å². The van der Waals surface area contributed by atoms with Gasteiger partial charge in [-0.05, 0) is 30.7 Å². The molecule has 13 heteroatoms. The second-order valence-corrected chi connectivity index (χ2v) is 8.77. The van der Waals surface area contributed by atoms with E-state index < -0.39 is 40.8 Å². The van der Waals surface area contributed by atoms with Crippen LogP contribution in [-0.2, 0) is 25.6 Å². The van der Waals surface area contributed by atoms with Crippen LogP contribution in [0.5, 0.6) is 0 Å². The smallest absolute Gasteiger partial charge is 0.269 e. The Morgan fingerprint density at radius 2 is 1.67 bits per heavy atom. The van der Waals surface area contributed by atoms with Crippen LogP contribution >= 0.6 is 0 Å². The van der Waals surface area contributed by atoms with E-state index in [9.17, 15) is 29.3 Å². The largest absolute Gasteiger partial charge is 0.370 e. The first-order valence-electron chi connectivity index (χ1n) is 11.5. The van der Waals surface area contributed by atoms with E-state index in [4.69, 9.17) is 11.5 Å². The number of aldehydes is 1. The highest BCUT2D eigenvalue weighted by molar-refractivity contribution is 5.92. The average Bonchev–Trinajstić information content (AvgIpc) is 2.79. The van der Waals surface area contributed by atoms with E-state index in [2.05, 4.69) is 20.9 Å². The second-order valence-electron chi connectivity index (χ2n) is 8.77. The molecule has 1 rings (SSSR count). The number of aliphatic imine (C=N–C) groups is 1. The fourth-order valence-electron chi connectivity index (χ4n) is 3.40. The summed E-state index contributed by atoms with van der Waals surface area (Å²) in [6.45, 7) is 5.35. The summed E-state index contributed by atoms with van der Waals surface area (Å²) < 4.78 is 0. The van der Waals surface area contributed by atoms with Crippen molar-refractivity contribution in [2.75, 3.05) is 6.54 Å². The van der Waals surface area contributed by atoms with E-state index in [1.54, 1.807) is 0 Å². The van der Waals surface area contributed by atoms with Gasteiger partial charge in [0.25, 0.3) is 5.69 Å². The van der Waals surface area contributed by atoms with Crippen LogP contribution in [-0.4, -0.2) is 59.6 Å². The lowest BCUT2D eigenvalue weighted by molar-refractivity contribution is -0.384. The Kier molecular flexibility index (Phi) is 12.6. The fraction of sp³-hybridized carbons (Fsp3) is 0.522. The molecular formula is C23H35N7O6. The maximum absolute atomic E-state index is 13.1. The molecule has 7 N–H and O–H groups in total. The number of carbonyl (C=O) groups excluding carboxylic acids is 4. The predicted molar refractivity (Wildman–Crippen MR) is 134 cm³/mol. The third-order valence-electron chi connectivity index (χ3n) is 5.08. The monoisotopic (exact) mass is 506 g/mol. The van der Waals surface area contributed by atoms with Gasteiger partial charge in [-0.1, -0.05) is 26.0 Å². The Morgan fingerprint density at radius 3 is 2.17 bits per heavy atom. The SMILES string of the molecule is CC(=O)N[C@@H](CC(C)C)C(=O)N[C@@H](Cc1ccc([N+](=O)[O-])cc1)C(=O)N[C@@H](CCCN=C(N)N)[13CH]=O. The van der Waals surface area contributed by atoms with Crippen molar-refractivity contribution in [2.45, 2.75) is 64.6 Å². The van der Waals surface area contributed by atoms with Crippen LogP contribution in [0.2, 0.25) is 0 Å². The molecule has 13 nitrogen and oxygen atoms in total. The quantitative estimate of drug-likeness (QED) is 0.0411. The van der Waals surface area contributed by atoms with E-state index in [0.29, 0.717) is 24.7 Å². The van der Waals surface area contributed by atoms with Crippen LogP contribution in [0, 0.1) is 16.0 Å². The molecule has 0 aliphatic rings. The van der Waals surface area contributed by atoms with E-state index in [1.807, 2.05) is 13.8 Å². The first kappa shape index (κ1) is 30.0. The van der Waals surface area contributed by atoms with Crippen LogP contribution in [0.15, 0.2) is 29.3 Å². The van der Waals surface area contributed by atoms with Crippen LogP contribution < -0.4 is 27.4 Å². The van der Waals surface area contributed by atoms with E-state index >= 15 is 0 Å². The standard InChI is InChI=1S/C23H35N7O6/c1-14(2)11-19(27-15(3)32)22(34)29-20(12-16-6-8-18(9-7-16)30(35)36)21(33)28-17(13-31)5-4-10-26-23(24)25/h6-9,13-14,17,19-20H,4-5,10-12H2,1-3H3,(H,27,32)(H,28,33)(H,29,34)(H4,24,25,26)/t17-,19-,20-/m0/s1/i13+1. The molecule has 0 radical (unpaired) electrons. The third kappa shape index (κ3) is 11.4. The number of benzene rings is 1. The van der Waals surface area contributed by atoms with Gasteiger partial charge in [0.15, 0.2) is 5.96 Å². The Bertz CT molecular complexity index is 945. The highest BCUT2D eigenvalue weighted by atomic mass is 16.6. The Hall–Kier alpha value is -4.03. The number of nitro groups is 1. The minimum Gasteiger partial charge on any atom is -0.370 e. The minimum atomic E-state index is -1.11. The fourth-order valence-corrected chi connectivity index (χ4v) is 3.40. The maximum Gasteiger partial charge on any atom is 0.269 e. The summed E-state index contributed by atoms with van der Waals surface area (Å²) in [5.74, 6) is -1.57. The van der Waals surface area contributed by atoms with Gasteiger partial charge in [0.2, 0.25) is 17.7 Å². The topological polar surface area (TPSA) is 212 Å². The summed E-state index contributed by atoms with van der Waals surface area (Å²) in [4.78, 5) is 63.4. The first-order valence-corrected chi connectivity index (χ1v) is 11.5. The van der Waals surface area contributed by atoms with Crippen LogP contribution in [0.25, 0.3) is 0 Å². The van der Waals surface area contributed by atoms with Crippen LogP contribution in [0.4, 0.5) is 5.69 Å². The lowest BCUT2D eigenvalue weighted by Crippen LogP contribution is -2.55. The number of nitrogens with one attached hydrogen (secondary N) is 3. The van der Waals surface area contributed by atoms with Gasteiger partial charge in [0.1, 0.15) is 18.4 Å². The van der Waals surface area contributed by atoms with Gasteiger partial charge >= 0.3 is 0 Å². The van der Waals surface area contributed by atoms with E-state index in [1.165, 1.54) is 31.2 Å². The molecule has 0 heterocycles. The molecule has 0 unspecified atom stereocenters. The van der Waals surface area contributed by atoms with Gasteiger partial charge in [0.05, 0.1) is 11.0 Å². The summed E-state index contributed by atoms with van der Waals surface area (Å²) >= 11 is 0. The summed E-state index contributed by atoms with van der Waals surface area (Å²) in [5, 5.41) is 18.8. The number of nitrogens with zero attached hydrogens (tertiary/aromatic N) is 2. The molecule has 0 saturated heterocycles. The van der Waals surface area contributed by atoms with Gasteiger partial charge in [-0.2, -0.15) is 0 Å². The Labute approximate surface area is 209 Å². The minimum absolute atomic E-state index is 0.00359. The van der Waals surface area contributed by atoms with Crippen molar-refractivity contribution in [3.63, 3.8) is 0 Å². The normalized spacial score (nSPS) is 13.1. The maximum atomic E-state index is 13.1. The number of guanidine groups is 1. The number of amides is 3. The zero-order valence-corrected chi connectivity index (χ0v) is 20.7. The molecule has 1 aromatic rings. The number of hydrogen-bond donors (Lipinski definition) is 5. The molecule has 0 aliphatic heterocycles. The van der Waals surface area contributed by atoms with Crippen molar-refractivity contribution in [2.24, 2.45) is 22.4 Å². The highest BCUT2D eigenvalue weighted by Gasteiger charge is 2.28. The van der Waals surface area contributed by atoms with Crippen molar-refractivity contribution in [1.82, 2.24) is 16.0 Å². The summed E-state index contributed by atoms with van der Waals surface area (Å²) in [7, 11) is 0. The molecule has 36 heavy (non-hydrogen) atoms. The molecule has 1 aromatic carbocycles. The lowest BCUT2D eigenvalue weighted by atomic mass is 10.0. The van der Waals surface area contributed by atoms with Gasteiger partial charge in [-0.3, -0.25) is 29.5 Å². The number of non-ortho nitro benzene ring substituents is 1. The Balaban J connectivity index is 3.06. The molecular weight excluding hydrogens is 471 g/mol. The van der Waals surface area contributed by atoms with Crippen molar-refractivity contribution in [3.8, 4) is 0 Å². The number of nitrogens with two attached hydrogens (primary N) is 2. The van der Waals surface area contributed by atoms with Crippen LogP contribution in [0.1, 0.15) is 45.6 Å². The molecule has 3 atom stereocenters. The van der Waals surface area contributed by atoms with Gasteiger partial charge in [-0.15, -0.1) is 0 Å². The second kappa shape index (κ2) is 15.1. The summed E-state index contributed by atoms with van der Waals surface area (Å²) in [6.07, 6.45) is 1.63. The molecule has 0 saturated carbocycles. The number of nitro benzene ring substituents is 1. The van der Waals surface area contributed by atoms with Crippen molar-refractivity contribution in [3.05, 3.63) is 39.9 Å². The van der Waals surface area contributed by atoms with Gasteiger partial charge in [-0.25, -0.2) is 0 Å². The lowest BCUT2D eigenvalue weighted by Gasteiger charge is -2.25. The first-order chi connectivity index (χ1) is 16.9. The molecule has 0 aliphatic carbocycles. The van der Waals surface area contributed by atoms with Gasteiger partial charge in [0, 0.05) is 32.0 Å². The Morgan fingerprint density at radius 1 is 1.06 bits per heavy atom. The zero-order valence-electron chi connectivity index (χ0n) is 20.7. The van der Waals surface area contributed by atoms with Crippen molar-refractivity contribution in [1.29, 1.82) is 0 Å². The summed E-state index contributed by atoms with van der Waals surface area (Å²) in [5.41, 5.74) is 11.0. The van der Waals surface area contributed by atoms with E-state index in [0.717, 1.165) is 0 Å². The predicted octanol–water partition coefficient (Wildman–Crippen LogP) is -0.0898.